The highest BCUT2D eigenvalue weighted by Crippen LogP contribution is 2.39. The molecule has 3 atom stereocenters. The number of ether oxygens (including phenoxy) is 2. The fourth-order valence-corrected chi connectivity index (χ4v) is 5.46. The Kier molecular flexibility index (Phi) is 4.99. The van der Waals surface area contributed by atoms with Gasteiger partial charge in [0, 0.05) is 29.8 Å². The Balaban J connectivity index is 1.60. The molecule has 0 saturated carbocycles. The van der Waals surface area contributed by atoms with Gasteiger partial charge in [-0.15, -0.1) is 0 Å². The van der Waals surface area contributed by atoms with Crippen LogP contribution in [0.5, 0.6) is 5.75 Å². The second-order valence-electron chi connectivity index (χ2n) is 8.68. The van der Waals surface area contributed by atoms with Crippen molar-refractivity contribution in [3.63, 3.8) is 0 Å². The maximum atomic E-state index is 15.7. The number of halogens is 1. The Morgan fingerprint density at radius 3 is 2.87 bits per heavy atom. The van der Waals surface area contributed by atoms with Gasteiger partial charge < -0.3 is 14.8 Å². The maximum Gasteiger partial charge on any atom is 0.246 e. The van der Waals surface area contributed by atoms with E-state index in [1.807, 2.05) is 42.5 Å². The highest BCUT2D eigenvalue weighted by atomic mass is 19.1. The summed E-state index contributed by atoms with van der Waals surface area (Å²) in [6, 6.07) is 13.4. The molecule has 158 valence electrons. The van der Waals surface area contributed by atoms with Crippen molar-refractivity contribution in [2.24, 2.45) is 0 Å². The van der Waals surface area contributed by atoms with Crippen LogP contribution in [-0.4, -0.2) is 54.8 Å². The zero-order valence-electron chi connectivity index (χ0n) is 17.2. The second-order valence-corrected chi connectivity index (χ2v) is 8.68. The fourth-order valence-electron chi connectivity index (χ4n) is 5.46. The van der Waals surface area contributed by atoms with E-state index in [4.69, 9.17) is 9.47 Å². The van der Waals surface area contributed by atoms with Gasteiger partial charge in [0.25, 0.3) is 0 Å². The van der Waals surface area contributed by atoms with Crippen LogP contribution in [0.3, 0.4) is 0 Å². The molecular formula is C24H27FN2O3. The van der Waals surface area contributed by atoms with Crippen molar-refractivity contribution in [1.29, 1.82) is 0 Å². The molecule has 2 saturated heterocycles. The summed E-state index contributed by atoms with van der Waals surface area (Å²) in [6.07, 6.45) is 2.18. The third-order valence-electron chi connectivity index (χ3n) is 6.73. The van der Waals surface area contributed by atoms with Crippen LogP contribution in [0, 0.1) is 5.82 Å². The lowest BCUT2D eigenvalue weighted by atomic mass is 9.84. The summed E-state index contributed by atoms with van der Waals surface area (Å²) in [5, 5.41) is 3.22. The lowest BCUT2D eigenvalue weighted by Gasteiger charge is -2.41. The molecule has 2 aromatic carbocycles. The molecule has 30 heavy (non-hydrogen) atoms. The van der Waals surface area contributed by atoms with Crippen LogP contribution >= 0.6 is 0 Å². The quantitative estimate of drug-likeness (QED) is 0.725. The molecule has 5 rings (SSSR count). The third-order valence-corrected chi connectivity index (χ3v) is 6.73. The van der Waals surface area contributed by atoms with Crippen molar-refractivity contribution in [2.75, 3.05) is 26.4 Å². The molecule has 0 radical (unpaired) electrons. The number of rotatable bonds is 0. The summed E-state index contributed by atoms with van der Waals surface area (Å²) in [5.74, 6) is 0.407. The molecule has 3 aliphatic heterocycles. The number of nitrogens with one attached hydrogen (secondary N) is 1. The average Bonchev–Trinajstić information content (AvgIpc) is 2.96. The largest absolute Gasteiger partial charge is 0.493 e. The molecule has 5 nitrogen and oxygen atoms in total. The van der Waals surface area contributed by atoms with Gasteiger partial charge in [0.05, 0.1) is 18.8 Å². The third kappa shape index (κ3) is 3.28. The summed E-state index contributed by atoms with van der Waals surface area (Å²) in [5.41, 5.74) is 1.50. The number of hydrogen-bond acceptors (Lipinski definition) is 4. The first-order valence-corrected chi connectivity index (χ1v) is 10.7. The molecule has 2 unspecified atom stereocenters. The summed E-state index contributed by atoms with van der Waals surface area (Å²) in [4.78, 5) is 14.6. The number of amides is 1. The average molecular weight is 410 g/mol. The Hall–Kier alpha value is -2.44. The fraction of sp³-hybridized carbons (Fsp3) is 0.458. The van der Waals surface area contributed by atoms with Crippen molar-refractivity contribution in [3.05, 3.63) is 53.8 Å². The standard InChI is InChI=1S/C24H27FN2O3/c1-16-13-24(15-29-14-22(28)26-24)21-12-17-6-4-8-19(23(17)25)18-7-2-3-9-20(18)30-11-5-10-27(16)21/h2-4,6-9,16,21H,5,10-15H2,1H3,(H,26,28)/t16-,21?,24?/m1/s1. The number of benzene rings is 2. The number of nitrogens with zero attached hydrogens (tertiary/aromatic N) is 1. The summed E-state index contributed by atoms with van der Waals surface area (Å²) >= 11 is 0. The zero-order chi connectivity index (χ0) is 20.7. The first-order chi connectivity index (χ1) is 14.6. The maximum absolute atomic E-state index is 15.7. The van der Waals surface area contributed by atoms with Crippen LogP contribution in [0.2, 0.25) is 0 Å². The zero-order valence-corrected chi connectivity index (χ0v) is 17.2. The molecule has 3 aliphatic rings. The molecule has 1 spiro atoms. The van der Waals surface area contributed by atoms with Crippen LogP contribution in [0.15, 0.2) is 42.5 Å². The predicted molar refractivity (Wildman–Crippen MR) is 112 cm³/mol. The smallest absolute Gasteiger partial charge is 0.246 e. The summed E-state index contributed by atoms with van der Waals surface area (Å²) in [7, 11) is 0. The van der Waals surface area contributed by atoms with Gasteiger partial charge >= 0.3 is 0 Å². The Labute approximate surface area is 176 Å². The van der Waals surface area contributed by atoms with Gasteiger partial charge in [0.15, 0.2) is 0 Å². The Morgan fingerprint density at radius 2 is 2.00 bits per heavy atom. The van der Waals surface area contributed by atoms with Gasteiger partial charge in [-0.1, -0.05) is 36.4 Å². The number of hydrogen-bond donors (Lipinski definition) is 1. The van der Waals surface area contributed by atoms with E-state index in [-0.39, 0.29) is 30.4 Å². The number of para-hydroxylation sites is 1. The first kappa shape index (κ1) is 19.5. The van der Waals surface area contributed by atoms with Gasteiger partial charge in [-0.25, -0.2) is 4.39 Å². The SMILES string of the molecule is C[C@@H]1CC2(COCC(=O)N2)C2Cc3cccc(c3F)-c3ccccc3OCCCN21. The lowest BCUT2D eigenvalue weighted by Crippen LogP contribution is -2.64. The minimum atomic E-state index is -0.486. The van der Waals surface area contributed by atoms with Crippen molar-refractivity contribution >= 4 is 5.91 Å². The molecule has 2 fully saturated rings. The van der Waals surface area contributed by atoms with E-state index in [1.54, 1.807) is 0 Å². The summed E-state index contributed by atoms with van der Waals surface area (Å²) in [6.45, 7) is 4.12. The summed E-state index contributed by atoms with van der Waals surface area (Å²) < 4.78 is 27.4. The molecule has 3 heterocycles. The highest BCUT2D eigenvalue weighted by Gasteiger charge is 2.53. The van der Waals surface area contributed by atoms with Crippen LogP contribution < -0.4 is 10.1 Å². The van der Waals surface area contributed by atoms with E-state index in [9.17, 15) is 4.79 Å². The molecule has 2 bridgehead atoms. The van der Waals surface area contributed by atoms with Crippen molar-refractivity contribution in [1.82, 2.24) is 10.2 Å². The molecule has 6 heteroatoms. The van der Waals surface area contributed by atoms with Crippen molar-refractivity contribution in [3.8, 4) is 16.9 Å². The normalized spacial score (nSPS) is 29.2. The van der Waals surface area contributed by atoms with Crippen molar-refractivity contribution in [2.45, 2.75) is 43.8 Å². The van der Waals surface area contributed by atoms with Gasteiger partial charge in [0.1, 0.15) is 18.2 Å². The van der Waals surface area contributed by atoms with Gasteiger partial charge in [0.2, 0.25) is 5.91 Å². The monoisotopic (exact) mass is 410 g/mol. The lowest BCUT2D eigenvalue weighted by molar-refractivity contribution is -0.136. The van der Waals surface area contributed by atoms with Crippen LogP contribution in [0.25, 0.3) is 11.1 Å². The van der Waals surface area contributed by atoms with Crippen LogP contribution in [0.1, 0.15) is 25.3 Å². The van der Waals surface area contributed by atoms with Gasteiger partial charge in [-0.3, -0.25) is 9.69 Å². The minimum Gasteiger partial charge on any atom is -0.493 e. The molecule has 2 aromatic rings. The Bertz CT molecular complexity index is 965. The number of fused-ring (bicyclic) bond motifs is 6. The van der Waals surface area contributed by atoms with E-state index >= 15 is 4.39 Å². The number of carbonyl (C=O) groups excluding carboxylic acids is 1. The Morgan fingerprint density at radius 1 is 1.17 bits per heavy atom. The van der Waals surface area contributed by atoms with Gasteiger partial charge in [-0.05, 0) is 37.8 Å². The molecule has 0 aliphatic carbocycles. The van der Waals surface area contributed by atoms with Crippen LogP contribution in [-0.2, 0) is 16.0 Å². The van der Waals surface area contributed by atoms with Crippen molar-refractivity contribution < 1.29 is 18.7 Å². The first-order valence-electron chi connectivity index (χ1n) is 10.7. The predicted octanol–water partition coefficient (Wildman–Crippen LogP) is 3.17. The number of carbonyl (C=O) groups is 1. The van der Waals surface area contributed by atoms with Crippen LogP contribution in [0.4, 0.5) is 4.39 Å². The van der Waals surface area contributed by atoms with E-state index in [0.29, 0.717) is 36.5 Å². The van der Waals surface area contributed by atoms with E-state index < -0.39 is 5.54 Å². The van der Waals surface area contributed by atoms with Gasteiger partial charge in [-0.2, -0.15) is 0 Å². The molecule has 1 amide bonds. The van der Waals surface area contributed by atoms with E-state index in [0.717, 1.165) is 24.9 Å². The molecule has 0 aromatic heterocycles. The topological polar surface area (TPSA) is 50.8 Å². The minimum absolute atomic E-state index is 0.0313. The van der Waals surface area contributed by atoms with E-state index in [2.05, 4.69) is 17.1 Å². The van der Waals surface area contributed by atoms with E-state index in [1.165, 1.54) is 0 Å². The molecule has 1 N–H and O–H groups in total. The molecular weight excluding hydrogens is 383 g/mol. The number of morpholine rings is 1. The second kappa shape index (κ2) is 7.67. The highest BCUT2D eigenvalue weighted by molar-refractivity contribution is 5.79.